The van der Waals surface area contributed by atoms with Crippen molar-refractivity contribution in [2.45, 2.75) is 34.2 Å². The third-order valence-electron chi connectivity index (χ3n) is 5.26. The summed E-state index contributed by atoms with van der Waals surface area (Å²) in [5.41, 5.74) is 7.91. The lowest BCUT2D eigenvalue weighted by molar-refractivity contribution is 0.406. The van der Waals surface area contributed by atoms with Crippen molar-refractivity contribution in [1.29, 1.82) is 10.5 Å². The van der Waals surface area contributed by atoms with E-state index in [1.165, 1.54) is 0 Å². The Morgan fingerprint density at radius 2 is 1.68 bits per heavy atom. The Bertz CT molecular complexity index is 1130. The number of hydrogen-bond acceptors (Lipinski definition) is 4. The fourth-order valence-electron chi connectivity index (χ4n) is 3.70. The molecule has 0 aliphatic carbocycles. The second-order valence-electron chi connectivity index (χ2n) is 6.85. The van der Waals surface area contributed by atoms with Crippen LogP contribution in [0.2, 0.25) is 0 Å². The van der Waals surface area contributed by atoms with Gasteiger partial charge in [0.2, 0.25) is 0 Å². The molecule has 0 saturated heterocycles. The number of benzene rings is 1. The zero-order valence-corrected chi connectivity index (χ0v) is 16.8. The van der Waals surface area contributed by atoms with Gasteiger partial charge in [-0.3, -0.25) is 4.98 Å². The first-order chi connectivity index (χ1) is 13.4. The molecule has 3 rings (SSSR count). The van der Waals surface area contributed by atoms with Crippen molar-refractivity contribution in [3.63, 3.8) is 0 Å². The Labute approximate surface area is 165 Å². The first-order valence-electron chi connectivity index (χ1n) is 9.02. The van der Waals surface area contributed by atoms with E-state index in [0.29, 0.717) is 17.7 Å². The molecule has 0 saturated carbocycles. The van der Waals surface area contributed by atoms with Crippen LogP contribution >= 0.6 is 0 Å². The van der Waals surface area contributed by atoms with Crippen LogP contribution in [0.15, 0.2) is 30.5 Å². The second-order valence-corrected chi connectivity index (χ2v) is 6.85. The number of hydrogen-bond donors (Lipinski definition) is 0. The van der Waals surface area contributed by atoms with Crippen LogP contribution in [0.25, 0.3) is 11.1 Å². The van der Waals surface area contributed by atoms with E-state index in [1.54, 1.807) is 19.2 Å². The lowest BCUT2D eigenvalue weighted by Gasteiger charge is -2.15. The Morgan fingerprint density at radius 3 is 2.25 bits per heavy atom. The SMILES string of the molecule is COc1c(C)cnc(Cn2c(C)c(C#N)c(-c3ccc(C#N)cc3)c2C)c1C. The van der Waals surface area contributed by atoms with Crippen LogP contribution in [0.4, 0.5) is 0 Å². The van der Waals surface area contributed by atoms with E-state index in [9.17, 15) is 5.26 Å². The van der Waals surface area contributed by atoms with Gasteiger partial charge in [-0.05, 0) is 45.4 Å². The van der Waals surface area contributed by atoms with Gasteiger partial charge in [0.15, 0.2) is 0 Å². The molecule has 5 heteroatoms. The quantitative estimate of drug-likeness (QED) is 0.673. The summed E-state index contributed by atoms with van der Waals surface area (Å²) in [5.74, 6) is 0.847. The first kappa shape index (κ1) is 19.2. The molecule has 0 unspecified atom stereocenters. The summed E-state index contributed by atoms with van der Waals surface area (Å²) in [6, 6.07) is 11.8. The number of rotatable bonds is 4. The predicted molar refractivity (Wildman–Crippen MR) is 108 cm³/mol. The monoisotopic (exact) mass is 370 g/mol. The zero-order valence-electron chi connectivity index (χ0n) is 16.8. The van der Waals surface area contributed by atoms with Gasteiger partial charge >= 0.3 is 0 Å². The molecule has 0 atom stereocenters. The van der Waals surface area contributed by atoms with E-state index in [0.717, 1.165) is 45.1 Å². The fraction of sp³-hybridized carbons (Fsp3) is 0.261. The van der Waals surface area contributed by atoms with E-state index >= 15 is 0 Å². The molecule has 0 radical (unpaired) electrons. The summed E-state index contributed by atoms with van der Waals surface area (Å²) in [6.07, 6.45) is 1.82. The van der Waals surface area contributed by atoms with Gasteiger partial charge in [-0.1, -0.05) is 12.1 Å². The average molecular weight is 370 g/mol. The number of nitrogens with zero attached hydrogens (tertiary/aromatic N) is 4. The minimum atomic E-state index is 0.561. The number of aryl methyl sites for hydroxylation is 1. The molecule has 5 nitrogen and oxygen atoms in total. The topological polar surface area (TPSA) is 74.6 Å². The molecule has 0 amide bonds. The van der Waals surface area contributed by atoms with Gasteiger partial charge in [0, 0.05) is 34.3 Å². The Balaban J connectivity index is 2.13. The van der Waals surface area contributed by atoms with Crippen LogP contribution in [0, 0.1) is 50.4 Å². The summed E-state index contributed by atoms with van der Waals surface area (Å²) < 4.78 is 7.65. The maximum atomic E-state index is 9.79. The number of ether oxygens (including phenoxy) is 1. The molecule has 3 aromatic rings. The average Bonchev–Trinajstić information content (AvgIpc) is 2.94. The Hall–Kier alpha value is -3.57. The highest BCUT2D eigenvalue weighted by Gasteiger charge is 2.20. The predicted octanol–water partition coefficient (Wildman–Crippen LogP) is 4.58. The van der Waals surface area contributed by atoms with Crippen molar-refractivity contribution in [2.24, 2.45) is 0 Å². The van der Waals surface area contributed by atoms with Crippen molar-refractivity contribution in [3.05, 3.63) is 69.8 Å². The Morgan fingerprint density at radius 1 is 1.00 bits per heavy atom. The summed E-state index contributed by atoms with van der Waals surface area (Å²) in [5, 5.41) is 18.8. The van der Waals surface area contributed by atoms with E-state index in [1.807, 2.05) is 46.0 Å². The van der Waals surface area contributed by atoms with E-state index in [2.05, 4.69) is 21.7 Å². The van der Waals surface area contributed by atoms with Gasteiger partial charge in [-0.15, -0.1) is 0 Å². The standard InChI is InChI=1S/C23H22N4O/c1-14-12-26-21(15(2)23(14)28-5)13-27-16(3)20(11-25)22(17(27)4)19-8-6-18(10-24)7-9-19/h6-9,12H,13H2,1-5H3. The maximum absolute atomic E-state index is 9.79. The molecule has 0 fully saturated rings. The molecule has 2 aromatic heterocycles. The highest BCUT2D eigenvalue weighted by atomic mass is 16.5. The van der Waals surface area contributed by atoms with Crippen LogP contribution in [0.3, 0.4) is 0 Å². The molecule has 0 spiro atoms. The molecule has 2 heterocycles. The minimum Gasteiger partial charge on any atom is -0.496 e. The van der Waals surface area contributed by atoms with Crippen molar-refractivity contribution < 1.29 is 4.74 Å². The third-order valence-corrected chi connectivity index (χ3v) is 5.26. The van der Waals surface area contributed by atoms with Gasteiger partial charge in [-0.2, -0.15) is 10.5 Å². The molecule has 1 aromatic carbocycles. The van der Waals surface area contributed by atoms with Gasteiger partial charge in [0.25, 0.3) is 0 Å². The van der Waals surface area contributed by atoms with Crippen LogP contribution in [-0.4, -0.2) is 16.7 Å². The largest absolute Gasteiger partial charge is 0.496 e. The van der Waals surface area contributed by atoms with Gasteiger partial charge < -0.3 is 9.30 Å². The zero-order chi connectivity index (χ0) is 20.4. The molecular weight excluding hydrogens is 348 g/mol. The molecule has 0 bridgehead atoms. The van der Waals surface area contributed by atoms with Crippen LogP contribution < -0.4 is 4.74 Å². The maximum Gasteiger partial charge on any atom is 0.128 e. The van der Waals surface area contributed by atoms with Crippen molar-refractivity contribution in [1.82, 2.24) is 9.55 Å². The lowest BCUT2D eigenvalue weighted by Crippen LogP contribution is -2.09. The van der Waals surface area contributed by atoms with E-state index < -0.39 is 0 Å². The van der Waals surface area contributed by atoms with Gasteiger partial charge in [-0.25, -0.2) is 0 Å². The number of pyridine rings is 1. The highest BCUT2D eigenvalue weighted by Crippen LogP contribution is 2.33. The smallest absolute Gasteiger partial charge is 0.128 e. The third kappa shape index (κ3) is 3.12. The summed E-state index contributed by atoms with van der Waals surface area (Å²) >= 11 is 0. The highest BCUT2D eigenvalue weighted by molar-refractivity contribution is 5.75. The Kier molecular flexibility index (Phi) is 5.20. The molecule has 0 N–H and O–H groups in total. The minimum absolute atomic E-state index is 0.561. The first-order valence-corrected chi connectivity index (χ1v) is 9.02. The molecule has 0 aliphatic rings. The molecule has 0 aliphatic heterocycles. The van der Waals surface area contributed by atoms with Crippen LogP contribution in [-0.2, 0) is 6.54 Å². The summed E-state index contributed by atoms with van der Waals surface area (Å²) in [6.45, 7) is 8.52. The van der Waals surface area contributed by atoms with Gasteiger partial charge in [0.05, 0.1) is 36.5 Å². The van der Waals surface area contributed by atoms with Gasteiger partial charge in [0.1, 0.15) is 11.8 Å². The molecular formula is C23H22N4O. The summed E-state index contributed by atoms with van der Waals surface area (Å²) in [7, 11) is 1.67. The van der Waals surface area contributed by atoms with Crippen molar-refractivity contribution >= 4 is 0 Å². The van der Waals surface area contributed by atoms with E-state index in [-0.39, 0.29) is 0 Å². The number of methoxy groups -OCH3 is 1. The fourth-order valence-corrected chi connectivity index (χ4v) is 3.70. The molecule has 140 valence electrons. The van der Waals surface area contributed by atoms with Crippen LogP contribution in [0.1, 0.15) is 39.3 Å². The number of aromatic nitrogens is 2. The summed E-state index contributed by atoms with van der Waals surface area (Å²) in [4.78, 5) is 4.60. The normalized spacial score (nSPS) is 10.4. The molecule has 28 heavy (non-hydrogen) atoms. The second kappa shape index (κ2) is 7.58. The number of nitriles is 2. The van der Waals surface area contributed by atoms with Crippen molar-refractivity contribution in [2.75, 3.05) is 7.11 Å². The van der Waals surface area contributed by atoms with Crippen molar-refractivity contribution in [3.8, 4) is 29.0 Å². The van der Waals surface area contributed by atoms with Crippen LogP contribution in [0.5, 0.6) is 5.75 Å². The lowest BCUT2D eigenvalue weighted by atomic mass is 10.0. The van der Waals surface area contributed by atoms with E-state index in [4.69, 9.17) is 10.00 Å².